The minimum atomic E-state index is -0.526. The molecule has 8 heteroatoms. The summed E-state index contributed by atoms with van der Waals surface area (Å²) >= 11 is 0. The predicted octanol–water partition coefficient (Wildman–Crippen LogP) is 5.47. The second-order valence-electron chi connectivity index (χ2n) is 10.1. The van der Waals surface area contributed by atoms with Gasteiger partial charge in [-0.15, -0.1) is 0 Å². The number of hydrogen-bond acceptors (Lipinski definition) is 6. The first kappa shape index (κ1) is 22.4. The van der Waals surface area contributed by atoms with Crippen LogP contribution in [0.4, 0.5) is 15.0 Å². The van der Waals surface area contributed by atoms with Gasteiger partial charge in [-0.2, -0.15) is 0 Å². The largest absolute Gasteiger partial charge is 0.487 e. The molecule has 2 aromatic carbocycles. The molecule has 1 atom stereocenters. The number of para-hydroxylation sites is 1. The van der Waals surface area contributed by atoms with E-state index in [1.54, 1.807) is 11.0 Å². The third kappa shape index (κ3) is 4.49. The highest BCUT2D eigenvalue weighted by Gasteiger charge is 2.44. The average Bonchev–Trinajstić information content (AvgIpc) is 2.79. The van der Waals surface area contributed by atoms with Gasteiger partial charge >= 0.3 is 6.09 Å². The molecule has 1 aromatic heterocycles. The number of benzene rings is 2. The summed E-state index contributed by atoms with van der Waals surface area (Å²) in [7, 11) is 0. The molecule has 0 bridgehead atoms. The number of likely N-dealkylation sites (tertiary alicyclic amines) is 1. The quantitative estimate of drug-likeness (QED) is 0.542. The zero-order valence-corrected chi connectivity index (χ0v) is 19.7. The lowest BCUT2D eigenvalue weighted by Gasteiger charge is -2.47. The van der Waals surface area contributed by atoms with Crippen molar-refractivity contribution in [2.45, 2.75) is 57.3 Å². The van der Waals surface area contributed by atoms with Crippen LogP contribution in [0.15, 0.2) is 48.8 Å². The van der Waals surface area contributed by atoms with E-state index < -0.39 is 11.2 Å². The summed E-state index contributed by atoms with van der Waals surface area (Å²) in [5.41, 5.74) is 0.769. The third-order valence-electron chi connectivity index (χ3n) is 6.43. The molecule has 1 N–H and O–H groups in total. The molecular formula is C26H29FN4O3. The standard InChI is InChI=1S/C26H29FN4O3/c1-25(2,3)34-24(32)31-12-10-26(11-13-31)15-21(18-6-4-5-7-22(18)33-26)30-23-19-14-17(27)8-9-20(19)28-16-29-23/h4-9,14,16,21H,10-13,15H2,1-3H3,(H,28,29,30). The van der Waals surface area contributed by atoms with Gasteiger partial charge in [0.25, 0.3) is 0 Å². The van der Waals surface area contributed by atoms with Crippen LogP contribution in [0.2, 0.25) is 0 Å². The van der Waals surface area contributed by atoms with E-state index in [2.05, 4.69) is 15.3 Å². The van der Waals surface area contributed by atoms with E-state index in [4.69, 9.17) is 9.47 Å². The molecule has 0 saturated carbocycles. The Morgan fingerprint density at radius 2 is 1.94 bits per heavy atom. The normalized spacial score (nSPS) is 19.4. The van der Waals surface area contributed by atoms with Crippen LogP contribution >= 0.6 is 0 Å². The number of halogens is 1. The van der Waals surface area contributed by atoms with Gasteiger partial charge in [0.1, 0.15) is 34.9 Å². The monoisotopic (exact) mass is 464 g/mol. The van der Waals surface area contributed by atoms with Gasteiger partial charge in [0.15, 0.2) is 0 Å². The van der Waals surface area contributed by atoms with E-state index in [1.165, 1.54) is 18.5 Å². The van der Waals surface area contributed by atoms with E-state index >= 15 is 0 Å². The lowest BCUT2D eigenvalue weighted by Crippen LogP contribution is -2.53. The molecule has 34 heavy (non-hydrogen) atoms. The van der Waals surface area contributed by atoms with Crippen molar-refractivity contribution in [3.05, 3.63) is 60.2 Å². The van der Waals surface area contributed by atoms with Crippen molar-refractivity contribution in [2.24, 2.45) is 0 Å². The van der Waals surface area contributed by atoms with Gasteiger partial charge in [-0.3, -0.25) is 0 Å². The molecule has 1 unspecified atom stereocenters. The Kier molecular flexibility index (Phi) is 5.54. The summed E-state index contributed by atoms with van der Waals surface area (Å²) < 4.78 is 26.1. The zero-order chi connectivity index (χ0) is 23.9. The number of hydrogen-bond donors (Lipinski definition) is 1. The highest BCUT2D eigenvalue weighted by atomic mass is 19.1. The second-order valence-corrected chi connectivity index (χ2v) is 10.1. The molecule has 2 aliphatic heterocycles. The number of amides is 1. The average molecular weight is 465 g/mol. The number of ether oxygens (including phenoxy) is 2. The molecule has 178 valence electrons. The second kappa shape index (κ2) is 8.42. The van der Waals surface area contributed by atoms with Crippen molar-refractivity contribution in [1.82, 2.24) is 14.9 Å². The summed E-state index contributed by atoms with van der Waals surface area (Å²) in [6, 6.07) is 12.4. The summed E-state index contributed by atoms with van der Waals surface area (Å²) in [5, 5.41) is 4.18. The van der Waals surface area contributed by atoms with Crippen LogP contribution in [0.5, 0.6) is 5.75 Å². The molecule has 1 amide bonds. The smallest absolute Gasteiger partial charge is 0.410 e. The van der Waals surface area contributed by atoms with Crippen LogP contribution in [0.3, 0.4) is 0 Å². The lowest BCUT2D eigenvalue weighted by atomic mass is 9.80. The molecule has 3 aromatic rings. The van der Waals surface area contributed by atoms with Crippen LogP contribution in [0.1, 0.15) is 51.6 Å². The van der Waals surface area contributed by atoms with Gasteiger partial charge in [-0.25, -0.2) is 19.2 Å². The number of carbonyl (C=O) groups is 1. The van der Waals surface area contributed by atoms with E-state index in [1.807, 2.05) is 45.0 Å². The van der Waals surface area contributed by atoms with Crippen LogP contribution < -0.4 is 10.1 Å². The summed E-state index contributed by atoms with van der Waals surface area (Å²) in [6.45, 7) is 6.74. The number of rotatable bonds is 2. The molecule has 1 spiro atoms. The topological polar surface area (TPSA) is 76.6 Å². The van der Waals surface area contributed by atoms with Crippen molar-refractivity contribution in [2.75, 3.05) is 18.4 Å². The minimum Gasteiger partial charge on any atom is -0.487 e. The van der Waals surface area contributed by atoms with E-state index in [0.29, 0.717) is 49.1 Å². The first-order chi connectivity index (χ1) is 16.2. The fraction of sp³-hybridized carbons (Fsp3) is 0.423. The van der Waals surface area contributed by atoms with Gasteiger partial charge in [0, 0.05) is 43.3 Å². The Morgan fingerprint density at radius 3 is 2.71 bits per heavy atom. The number of nitrogens with one attached hydrogen (secondary N) is 1. The van der Waals surface area contributed by atoms with Crippen molar-refractivity contribution >= 4 is 22.8 Å². The van der Waals surface area contributed by atoms with E-state index in [0.717, 1.165) is 11.3 Å². The molecular weight excluding hydrogens is 435 g/mol. The highest BCUT2D eigenvalue weighted by molar-refractivity contribution is 5.89. The predicted molar refractivity (Wildman–Crippen MR) is 127 cm³/mol. The van der Waals surface area contributed by atoms with Gasteiger partial charge in [0.2, 0.25) is 0 Å². The van der Waals surface area contributed by atoms with Gasteiger partial charge in [-0.1, -0.05) is 18.2 Å². The number of nitrogens with zero attached hydrogens (tertiary/aromatic N) is 3. The molecule has 5 rings (SSSR count). The molecule has 0 radical (unpaired) electrons. The number of fused-ring (bicyclic) bond motifs is 2. The van der Waals surface area contributed by atoms with Gasteiger partial charge in [0.05, 0.1) is 11.6 Å². The first-order valence-corrected chi connectivity index (χ1v) is 11.6. The number of piperidine rings is 1. The Morgan fingerprint density at radius 1 is 1.18 bits per heavy atom. The maximum atomic E-state index is 14.0. The molecule has 1 saturated heterocycles. The summed E-state index contributed by atoms with van der Waals surface area (Å²) in [6.07, 6.45) is 3.29. The summed E-state index contributed by atoms with van der Waals surface area (Å²) in [4.78, 5) is 23.0. The summed E-state index contributed by atoms with van der Waals surface area (Å²) in [5.74, 6) is 1.08. The van der Waals surface area contributed by atoms with Crippen molar-refractivity contribution in [1.29, 1.82) is 0 Å². The van der Waals surface area contributed by atoms with Crippen molar-refractivity contribution in [3.63, 3.8) is 0 Å². The number of aromatic nitrogens is 2. The third-order valence-corrected chi connectivity index (χ3v) is 6.43. The van der Waals surface area contributed by atoms with Crippen molar-refractivity contribution < 1.29 is 18.7 Å². The maximum absolute atomic E-state index is 14.0. The minimum absolute atomic E-state index is 0.0839. The fourth-order valence-electron chi connectivity index (χ4n) is 4.79. The Hall–Kier alpha value is -3.42. The molecule has 7 nitrogen and oxygen atoms in total. The van der Waals surface area contributed by atoms with Gasteiger partial charge < -0.3 is 19.7 Å². The molecule has 0 aliphatic carbocycles. The van der Waals surface area contributed by atoms with E-state index in [-0.39, 0.29) is 18.0 Å². The Balaban J connectivity index is 1.40. The highest BCUT2D eigenvalue weighted by Crippen LogP contribution is 2.45. The van der Waals surface area contributed by atoms with E-state index in [9.17, 15) is 9.18 Å². The first-order valence-electron chi connectivity index (χ1n) is 11.6. The van der Waals surface area contributed by atoms with Crippen LogP contribution in [0, 0.1) is 5.82 Å². The Labute approximate surface area is 198 Å². The molecule has 3 heterocycles. The lowest BCUT2D eigenvalue weighted by molar-refractivity contribution is -0.0308. The molecule has 1 fully saturated rings. The zero-order valence-electron chi connectivity index (χ0n) is 19.7. The maximum Gasteiger partial charge on any atom is 0.410 e. The van der Waals surface area contributed by atoms with Crippen molar-refractivity contribution in [3.8, 4) is 5.75 Å². The Bertz CT molecular complexity index is 1220. The SMILES string of the molecule is CC(C)(C)OC(=O)N1CCC2(CC1)CC(Nc1ncnc3ccc(F)cc13)c1ccccc1O2. The van der Waals surface area contributed by atoms with Crippen LogP contribution in [-0.2, 0) is 4.74 Å². The molecule has 2 aliphatic rings. The van der Waals surface area contributed by atoms with Crippen LogP contribution in [0.25, 0.3) is 10.9 Å². The fourth-order valence-corrected chi connectivity index (χ4v) is 4.79. The number of carbonyl (C=O) groups excluding carboxylic acids is 1. The number of anilines is 1. The van der Waals surface area contributed by atoms with Crippen LogP contribution in [-0.4, -0.2) is 45.3 Å². The van der Waals surface area contributed by atoms with Gasteiger partial charge in [-0.05, 0) is 45.0 Å².